The molecule has 0 atom stereocenters. The highest BCUT2D eigenvalue weighted by molar-refractivity contribution is 8.00. The van der Waals surface area contributed by atoms with E-state index in [1.165, 1.54) is 0 Å². The molecule has 28 heavy (non-hydrogen) atoms. The number of carbonyl (C=O) groups is 3. The predicted octanol–water partition coefficient (Wildman–Crippen LogP) is 3.57. The van der Waals surface area contributed by atoms with Gasteiger partial charge in [0.15, 0.2) is 6.61 Å². The van der Waals surface area contributed by atoms with Gasteiger partial charge in [-0.2, -0.15) is 0 Å². The van der Waals surface area contributed by atoms with Crippen molar-refractivity contribution in [3.63, 3.8) is 0 Å². The minimum atomic E-state index is -0.822. The first-order chi connectivity index (χ1) is 13.2. The first-order valence-electron chi connectivity index (χ1n) is 8.16. The first kappa shape index (κ1) is 21.4. The van der Waals surface area contributed by atoms with E-state index >= 15 is 0 Å². The molecule has 0 bridgehead atoms. The Morgan fingerprint density at radius 1 is 1.07 bits per heavy atom. The highest BCUT2D eigenvalue weighted by Gasteiger charge is 2.13. The van der Waals surface area contributed by atoms with Gasteiger partial charge in [0.2, 0.25) is 0 Å². The van der Waals surface area contributed by atoms with Crippen LogP contribution in [0, 0.1) is 25.5 Å². The first-order valence-corrected chi connectivity index (χ1v) is 9.14. The van der Waals surface area contributed by atoms with Gasteiger partial charge in [0.25, 0.3) is 5.91 Å². The lowest BCUT2D eigenvalue weighted by molar-refractivity contribution is -0.145. The predicted molar refractivity (Wildman–Crippen MR) is 101 cm³/mol. The molecule has 9 heteroatoms. The standard InChI is InChI=1S/C19H18F2N2O4S/c1-11-3-6-15(12(2)7-11)22-19(26)23-17(24)9-27-18(25)10-28-16-8-13(20)4-5-14(16)21/h3-8H,9-10H2,1-2H3,(H2,22,23,24,26). The number of rotatable bonds is 6. The molecule has 0 aliphatic heterocycles. The van der Waals surface area contributed by atoms with E-state index in [-0.39, 0.29) is 10.6 Å². The Kier molecular flexibility index (Phi) is 7.51. The molecule has 0 aliphatic carbocycles. The monoisotopic (exact) mass is 408 g/mol. The molecule has 148 valence electrons. The number of hydrogen-bond donors (Lipinski definition) is 2. The number of esters is 1. The van der Waals surface area contributed by atoms with Crippen LogP contribution in [0.1, 0.15) is 11.1 Å². The van der Waals surface area contributed by atoms with Crippen molar-refractivity contribution in [2.45, 2.75) is 18.7 Å². The number of urea groups is 1. The fourth-order valence-corrected chi connectivity index (χ4v) is 2.94. The molecule has 0 aliphatic rings. The van der Waals surface area contributed by atoms with Crippen LogP contribution in [0.25, 0.3) is 0 Å². The maximum Gasteiger partial charge on any atom is 0.325 e. The van der Waals surface area contributed by atoms with Crippen molar-refractivity contribution in [2.24, 2.45) is 0 Å². The number of carbonyl (C=O) groups excluding carboxylic acids is 3. The molecule has 2 rings (SSSR count). The van der Waals surface area contributed by atoms with Crippen LogP contribution in [-0.4, -0.2) is 30.3 Å². The third-order valence-electron chi connectivity index (χ3n) is 3.49. The average Bonchev–Trinajstić information content (AvgIpc) is 2.63. The summed E-state index contributed by atoms with van der Waals surface area (Å²) in [4.78, 5) is 35.1. The molecule has 0 radical (unpaired) electrons. The van der Waals surface area contributed by atoms with E-state index in [4.69, 9.17) is 4.74 Å². The topological polar surface area (TPSA) is 84.5 Å². The van der Waals surface area contributed by atoms with E-state index in [1.807, 2.05) is 31.3 Å². The summed E-state index contributed by atoms with van der Waals surface area (Å²) in [6.45, 7) is 3.05. The normalized spacial score (nSPS) is 10.3. The number of anilines is 1. The number of nitrogens with one attached hydrogen (secondary N) is 2. The van der Waals surface area contributed by atoms with Crippen LogP contribution in [0.5, 0.6) is 0 Å². The van der Waals surface area contributed by atoms with E-state index in [1.54, 1.807) is 6.07 Å². The zero-order valence-corrected chi connectivity index (χ0v) is 16.0. The molecule has 0 aromatic heterocycles. The number of ether oxygens (including phenoxy) is 1. The minimum absolute atomic E-state index is 0.0470. The Balaban J connectivity index is 1.74. The lowest BCUT2D eigenvalue weighted by atomic mass is 10.1. The molecule has 0 spiro atoms. The van der Waals surface area contributed by atoms with E-state index in [0.717, 1.165) is 41.1 Å². The second kappa shape index (κ2) is 9.84. The van der Waals surface area contributed by atoms with Gasteiger partial charge in [-0.15, -0.1) is 11.8 Å². The molecule has 6 nitrogen and oxygen atoms in total. The Hall–Kier alpha value is -2.94. The highest BCUT2D eigenvalue weighted by atomic mass is 32.2. The average molecular weight is 408 g/mol. The lowest BCUT2D eigenvalue weighted by Gasteiger charge is -2.10. The molecule has 0 fully saturated rings. The van der Waals surface area contributed by atoms with Gasteiger partial charge in [-0.25, -0.2) is 13.6 Å². The number of thioether (sulfide) groups is 1. The van der Waals surface area contributed by atoms with E-state index < -0.39 is 36.1 Å². The Labute approximate surface area is 164 Å². The molecule has 0 saturated heterocycles. The summed E-state index contributed by atoms with van der Waals surface area (Å²) in [5.74, 6) is -3.25. The number of amides is 3. The van der Waals surface area contributed by atoms with Gasteiger partial charge in [-0.05, 0) is 43.7 Å². The van der Waals surface area contributed by atoms with Crippen molar-refractivity contribution in [3.8, 4) is 0 Å². The largest absolute Gasteiger partial charge is 0.455 e. The summed E-state index contributed by atoms with van der Waals surface area (Å²) in [5.41, 5.74) is 2.40. The summed E-state index contributed by atoms with van der Waals surface area (Å²) < 4.78 is 31.2. The lowest BCUT2D eigenvalue weighted by Crippen LogP contribution is -2.37. The summed E-state index contributed by atoms with van der Waals surface area (Å²) in [6, 6.07) is 7.50. The fourth-order valence-electron chi connectivity index (χ4n) is 2.18. The summed E-state index contributed by atoms with van der Waals surface area (Å²) in [6.07, 6.45) is 0. The van der Waals surface area contributed by atoms with E-state index in [2.05, 4.69) is 5.32 Å². The molecular weight excluding hydrogens is 390 g/mol. The van der Waals surface area contributed by atoms with Crippen LogP contribution in [-0.2, 0) is 14.3 Å². The van der Waals surface area contributed by atoms with Gasteiger partial charge in [-0.3, -0.25) is 14.9 Å². The Morgan fingerprint density at radius 2 is 1.82 bits per heavy atom. The van der Waals surface area contributed by atoms with Crippen molar-refractivity contribution in [1.29, 1.82) is 0 Å². The molecular formula is C19H18F2N2O4S. The smallest absolute Gasteiger partial charge is 0.325 e. The van der Waals surface area contributed by atoms with Crippen LogP contribution < -0.4 is 10.6 Å². The molecule has 2 N–H and O–H groups in total. The third-order valence-corrected chi connectivity index (χ3v) is 4.49. The number of aryl methyl sites for hydroxylation is 2. The van der Waals surface area contributed by atoms with Crippen molar-refractivity contribution in [3.05, 3.63) is 59.2 Å². The van der Waals surface area contributed by atoms with Gasteiger partial charge in [0.1, 0.15) is 11.6 Å². The van der Waals surface area contributed by atoms with Crippen LogP contribution >= 0.6 is 11.8 Å². The molecule has 0 unspecified atom stereocenters. The Morgan fingerprint density at radius 3 is 2.54 bits per heavy atom. The quantitative estimate of drug-likeness (QED) is 0.564. The number of benzene rings is 2. The SMILES string of the molecule is Cc1ccc(NC(=O)NC(=O)COC(=O)CSc2cc(F)ccc2F)c(C)c1. The minimum Gasteiger partial charge on any atom is -0.455 e. The maximum absolute atomic E-state index is 13.5. The maximum atomic E-state index is 13.5. The van der Waals surface area contributed by atoms with Crippen LogP contribution in [0.3, 0.4) is 0 Å². The van der Waals surface area contributed by atoms with Gasteiger partial charge < -0.3 is 10.1 Å². The van der Waals surface area contributed by atoms with Crippen molar-refractivity contribution < 1.29 is 27.9 Å². The molecule has 3 amide bonds. The second-order valence-electron chi connectivity index (χ2n) is 5.84. The highest BCUT2D eigenvalue weighted by Crippen LogP contribution is 2.22. The van der Waals surface area contributed by atoms with E-state index in [0.29, 0.717) is 5.69 Å². The van der Waals surface area contributed by atoms with Crippen LogP contribution in [0.15, 0.2) is 41.3 Å². The van der Waals surface area contributed by atoms with Gasteiger partial charge in [-0.1, -0.05) is 17.7 Å². The van der Waals surface area contributed by atoms with Crippen LogP contribution in [0.4, 0.5) is 19.3 Å². The Bertz CT molecular complexity index is 905. The van der Waals surface area contributed by atoms with Gasteiger partial charge in [0, 0.05) is 10.6 Å². The third kappa shape index (κ3) is 6.66. The summed E-state index contributed by atoms with van der Waals surface area (Å²) >= 11 is 0.739. The van der Waals surface area contributed by atoms with Crippen molar-refractivity contribution in [1.82, 2.24) is 5.32 Å². The molecule has 2 aromatic rings. The fraction of sp³-hybridized carbons (Fsp3) is 0.211. The van der Waals surface area contributed by atoms with Gasteiger partial charge in [0.05, 0.1) is 5.75 Å². The molecule has 0 heterocycles. The van der Waals surface area contributed by atoms with E-state index in [9.17, 15) is 23.2 Å². The van der Waals surface area contributed by atoms with Gasteiger partial charge >= 0.3 is 12.0 Å². The van der Waals surface area contributed by atoms with Crippen molar-refractivity contribution >= 4 is 35.4 Å². The zero-order valence-electron chi connectivity index (χ0n) is 15.2. The number of imide groups is 1. The second-order valence-corrected chi connectivity index (χ2v) is 6.86. The zero-order chi connectivity index (χ0) is 20.7. The summed E-state index contributed by atoms with van der Waals surface area (Å²) in [7, 11) is 0. The number of halogens is 2. The van der Waals surface area contributed by atoms with Crippen LogP contribution in [0.2, 0.25) is 0 Å². The molecule has 0 saturated carbocycles. The number of hydrogen-bond acceptors (Lipinski definition) is 5. The van der Waals surface area contributed by atoms with Crippen molar-refractivity contribution in [2.75, 3.05) is 17.7 Å². The molecule has 2 aromatic carbocycles. The summed E-state index contributed by atoms with van der Waals surface area (Å²) in [5, 5.41) is 4.55.